The van der Waals surface area contributed by atoms with Crippen molar-refractivity contribution in [1.82, 2.24) is 9.61 Å². The highest BCUT2D eigenvalue weighted by Crippen LogP contribution is 2.20. The number of fused-ring (bicyclic) bond motifs is 1. The van der Waals surface area contributed by atoms with Gasteiger partial charge < -0.3 is 9.84 Å². The number of nitrogens with zero attached hydrogens (tertiary/aromatic N) is 2. The van der Waals surface area contributed by atoms with Crippen LogP contribution < -0.4 is 5.32 Å². The molecule has 24 heavy (non-hydrogen) atoms. The lowest BCUT2D eigenvalue weighted by molar-refractivity contribution is 0.0699. The first-order chi connectivity index (χ1) is 11.5. The van der Waals surface area contributed by atoms with E-state index in [1.807, 2.05) is 6.07 Å². The van der Waals surface area contributed by atoms with Crippen LogP contribution in [0.3, 0.4) is 0 Å². The SMILES string of the molecule is O=C(Nc1cc2c(C(=O)O)cnn2cc1F)OCc1ccccc1. The van der Waals surface area contributed by atoms with Gasteiger partial charge in [0.25, 0.3) is 0 Å². The zero-order valence-electron chi connectivity index (χ0n) is 12.3. The van der Waals surface area contributed by atoms with Crippen molar-refractivity contribution in [1.29, 1.82) is 0 Å². The molecule has 2 heterocycles. The monoisotopic (exact) mass is 329 g/mol. The van der Waals surface area contributed by atoms with Crippen molar-refractivity contribution in [2.75, 3.05) is 5.32 Å². The molecule has 0 aliphatic heterocycles. The number of rotatable bonds is 4. The van der Waals surface area contributed by atoms with E-state index < -0.39 is 17.9 Å². The van der Waals surface area contributed by atoms with Gasteiger partial charge in [0.15, 0.2) is 5.82 Å². The van der Waals surface area contributed by atoms with Gasteiger partial charge in [-0.25, -0.2) is 18.5 Å². The molecular formula is C16H12FN3O4. The van der Waals surface area contributed by atoms with Crippen molar-refractivity contribution in [3.63, 3.8) is 0 Å². The molecule has 0 spiro atoms. The first-order valence-corrected chi connectivity index (χ1v) is 6.92. The molecule has 0 atom stereocenters. The van der Waals surface area contributed by atoms with Crippen LogP contribution in [0.25, 0.3) is 5.52 Å². The Labute approximate surface area is 135 Å². The van der Waals surface area contributed by atoms with Crippen molar-refractivity contribution in [2.24, 2.45) is 0 Å². The van der Waals surface area contributed by atoms with Crippen LogP contribution in [0, 0.1) is 5.82 Å². The van der Waals surface area contributed by atoms with Crippen LogP contribution in [-0.2, 0) is 11.3 Å². The van der Waals surface area contributed by atoms with Crippen LogP contribution in [0.4, 0.5) is 14.9 Å². The Morgan fingerprint density at radius 1 is 1.29 bits per heavy atom. The molecule has 7 nitrogen and oxygen atoms in total. The van der Waals surface area contributed by atoms with E-state index in [1.54, 1.807) is 24.3 Å². The van der Waals surface area contributed by atoms with Gasteiger partial charge >= 0.3 is 12.1 Å². The summed E-state index contributed by atoms with van der Waals surface area (Å²) in [6.07, 6.45) is 1.24. The van der Waals surface area contributed by atoms with E-state index in [2.05, 4.69) is 10.4 Å². The number of hydrogen-bond acceptors (Lipinski definition) is 4. The number of amides is 1. The maximum Gasteiger partial charge on any atom is 0.412 e. The van der Waals surface area contributed by atoms with Crippen LogP contribution in [0.15, 0.2) is 48.8 Å². The number of nitrogens with one attached hydrogen (secondary N) is 1. The third-order valence-corrected chi connectivity index (χ3v) is 3.29. The predicted octanol–water partition coefficient (Wildman–Crippen LogP) is 2.92. The average Bonchev–Trinajstić information content (AvgIpc) is 2.97. The Hall–Kier alpha value is -3.42. The van der Waals surface area contributed by atoms with Gasteiger partial charge in [-0.2, -0.15) is 5.10 Å². The quantitative estimate of drug-likeness (QED) is 0.768. The summed E-state index contributed by atoms with van der Waals surface area (Å²) in [5.74, 6) is -1.96. The van der Waals surface area contributed by atoms with E-state index in [1.165, 1.54) is 6.07 Å². The topological polar surface area (TPSA) is 92.9 Å². The lowest BCUT2D eigenvalue weighted by Gasteiger charge is -2.08. The molecule has 0 unspecified atom stereocenters. The highest BCUT2D eigenvalue weighted by Gasteiger charge is 2.16. The van der Waals surface area contributed by atoms with Crippen molar-refractivity contribution >= 4 is 23.3 Å². The maximum absolute atomic E-state index is 14.0. The number of benzene rings is 1. The first-order valence-electron chi connectivity index (χ1n) is 6.92. The van der Waals surface area contributed by atoms with Gasteiger partial charge in [0, 0.05) is 0 Å². The zero-order chi connectivity index (χ0) is 17.1. The second kappa shape index (κ2) is 6.37. The second-order valence-corrected chi connectivity index (χ2v) is 4.91. The molecule has 0 saturated heterocycles. The smallest absolute Gasteiger partial charge is 0.412 e. The summed E-state index contributed by atoms with van der Waals surface area (Å²) in [5.41, 5.74) is 0.647. The van der Waals surface area contributed by atoms with Crippen LogP contribution in [-0.4, -0.2) is 26.8 Å². The molecule has 0 aliphatic rings. The molecule has 0 aliphatic carbocycles. The second-order valence-electron chi connectivity index (χ2n) is 4.91. The Balaban J connectivity index is 1.76. The van der Waals surface area contributed by atoms with Crippen LogP contribution in [0.2, 0.25) is 0 Å². The van der Waals surface area contributed by atoms with E-state index in [4.69, 9.17) is 9.84 Å². The number of carboxylic acids is 1. The number of ether oxygens (including phenoxy) is 1. The molecule has 8 heteroatoms. The van der Waals surface area contributed by atoms with Crippen molar-refractivity contribution in [2.45, 2.75) is 6.61 Å². The molecular weight excluding hydrogens is 317 g/mol. The first kappa shape index (κ1) is 15.5. The lowest BCUT2D eigenvalue weighted by Crippen LogP contribution is -2.15. The summed E-state index contributed by atoms with van der Waals surface area (Å²) in [6, 6.07) is 10.2. The fourth-order valence-corrected chi connectivity index (χ4v) is 2.13. The molecule has 2 N–H and O–H groups in total. The summed E-state index contributed by atoms with van der Waals surface area (Å²) in [4.78, 5) is 22.9. The molecule has 0 radical (unpaired) electrons. The standard InChI is InChI=1S/C16H12FN3O4/c17-12-8-20-14(11(7-18-20)15(21)22)6-13(12)19-16(23)24-9-10-4-2-1-3-5-10/h1-8H,9H2,(H,19,23)(H,21,22). The number of pyridine rings is 1. The summed E-state index contributed by atoms with van der Waals surface area (Å²) < 4.78 is 20.1. The molecule has 122 valence electrons. The minimum absolute atomic E-state index is 0.0313. The molecule has 3 aromatic rings. The number of carboxylic acid groups (broad SMARTS) is 1. The molecule has 3 rings (SSSR count). The molecule has 0 bridgehead atoms. The number of anilines is 1. The predicted molar refractivity (Wildman–Crippen MR) is 82.4 cm³/mol. The van der Waals surface area contributed by atoms with Gasteiger partial charge in [-0.15, -0.1) is 0 Å². The Kier molecular flexibility index (Phi) is 4.11. The number of aromatic nitrogens is 2. The van der Waals surface area contributed by atoms with Crippen molar-refractivity contribution < 1.29 is 23.8 Å². The fourth-order valence-electron chi connectivity index (χ4n) is 2.13. The highest BCUT2D eigenvalue weighted by molar-refractivity contribution is 5.96. The fraction of sp³-hybridized carbons (Fsp3) is 0.0625. The number of halogens is 1. The number of carbonyl (C=O) groups excluding carboxylic acids is 1. The van der Waals surface area contributed by atoms with Crippen molar-refractivity contribution in [3.05, 3.63) is 65.7 Å². The van der Waals surface area contributed by atoms with Gasteiger partial charge in [-0.3, -0.25) is 5.32 Å². The van der Waals surface area contributed by atoms with Crippen LogP contribution in [0.5, 0.6) is 0 Å². The molecule has 0 fully saturated rings. The molecule has 1 aromatic carbocycles. The zero-order valence-corrected chi connectivity index (χ0v) is 12.3. The van der Waals surface area contributed by atoms with E-state index in [0.717, 1.165) is 22.5 Å². The van der Waals surface area contributed by atoms with Crippen LogP contribution >= 0.6 is 0 Å². The largest absolute Gasteiger partial charge is 0.478 e. The Morgan fingerprint density at radius 2 is 2.04 bits per heavy atom. The van der Waals surface area contributed by atoms with Crippen molar-refractivity contribution in [3.8, 4) is 0 Å². The Morgan fingerprint density at radius 3 is 2.75 bits per heavy atom. The number of aromatic carboxylic acids is 1. The van der Waals surface area contributed by atoms with E-state index in [9.17, 15) is 14.0 Å². The van der Waals surface area contributed by atoms with E-state index in [-0.39, 0.29) is 23.4 Å². The molecule has 1 amide bonds. The minimum Gasteiger partial charge on any atom is -0.478 e. The average molecular weight is 329 g/mol. The summed E-state index contributed by atoms with van der Waals surface area (Å²) in [5, 5.41) is 15.1. The number of carbonyl (C=O) groups is 2. The lowest BCUT2D eigenvalue weighted by atomic mass is 10.2. The summed E-state index contributed by atoms with van der Waals surface area (Å²) in [6.45, 7) is 0.0313. The maximum atomic E-state index is 14.0. The van der Waals surface area contributed by atoms with Crippen LogP contribution in [0.1, 0.15) is 15.9 Å². The van der Waals surface area contributed by atoms with E-state index in [0.29, 0.717) is 0 Å². The number of hydrogen-bond donors (Lipinski definition) is 2. The van der Waals surface area contributed by atoms with Gasteiger partial charge in [0.2, 0.25) is 0 Å². The third-order valence-electron chi connectivity index (χ3n) is 3.29. The minimum atomic E-state index is -1.20. The van der Waals surface area contributed by atoms with E-state index >= 15 is 0 Å². The van der Waals surface area contributed by atoms with Gasteiger partial charge in [0.05, 0.1) is 23.6 Å². The molecule has 0 saturated carbocycles. The van der Waals surface area contributed by atoms with Gasteiger partial charge in [-0.1, -0.05) is 30.3 Å². The van der Waals surface area contributed by atoms with Gasteiger partial charge in [-0.05, 0) is 11.6 Å². The van der Waals surface area contributed by atoms with Gasteiger partial charge in [0.1, 0.15) is 12.2 Å². The third kappa shape index (κ3) is 3.17. The summed E-state index contributed by atoms with van der Waals surface area (Å²) in [7, 11) is 0. The normalized spacial score (nSPS) is 10.5. The highest BCUT2D eigenvalue weighted by atomic mass is 19.1. The summed E-state index contributed by atoms with van der Waals surface area (Å²) >= 11 is 0. The Bertz CT molecular complexity index is 908. The molecule has 2 aromatic heterocycles.